The van der Waals surface area contributed by atoms with Gasteiger partial charge in [0.2, 0.25) is 11.8 Å². The molecule has 1 saturated heterocycles. The lowest BCUT2D eigenvalue weighted by Gasteiger charge is -2.41. The Balaban J connectivity index is 1.81. The Hall–Kier alpha value is -4.23. The zero-order chi connectivity index (χ0) is 42.9. The van der Waals surface area contributed by atoms with Crippen LogP contribution in [0, 0.1) is 29.6 Å². The fourth-order valence-corrected chi connectivity index (χ4v) is 8.64. The highest BCUT2D eigenvalue weighted by Crippen LogP contribution is 2.31. The van der Waals surface area contributed by atoms with Gasteiger partial charge in [-0.2, -0.15) is 0 Å². The van der Waals surface area contributed by atoms with Crippen molar-refractivity contribution in [3.05, 3.63) is 42.0 Å². The van der Waals surface area contributed by atoms with Gasteiger partial charge in [0.15, 0.2) is 5.78 Å². The number of carbonyl (C=O) groups excluding carboxylic acids is 7. The second-order valence-electron chi connectivity index (χ2n) is 16.4. The summed E-state index contributed by atoms with van der Waals surface area (Å²) in [6, 6.07) is 4.51. The minimum absolute atomic E-state index is 0.0300. The van der Waals surface area contributed by atoms with Crippen LogP contribution in [-0.2, 0) is 38.2 Å². The van der Waals surface area contributed by atoms with Gasteiger partial charge in [-0.3, -0.25) is 33.6 Å². The SMILES string of the molecule is CCC(=O)[C@H](C)[C@@H](OC)[C@@H]1CCCN1C(=O)C[C@@H](OC)C([C@@H](C)CC)N(C)C(=O)[C@@H](CC(=O)[C@H](C(C)C)N(C)C(=O)c1ccc(N2C(=O)C=CC2=O)cc1)C(C)C. The molecule has 0 aromatic heterocycles. The molecule has 13 nitrogen and oxygen atoms in total. The van der Waals surface area contributed by atoms with Gasteiger partial charge in [0.05, 0.1) is 42.4 Å². The van der Waals surface area contributed by atoms with Crippen LogP contribution in [0.3, 0.4) is 0 Å². The Morgan fingerprint density at radius 3 is 1.89 bits per heavy atom. The molecule has 0 radical (unpaired) electrons. The molecule has 1 unspecified atom stereocenters. The number of imide groups is 1. The fourth-order valence-electron chi connectivity index (χ4n) is 8.64. The molecule has 1 aromatic carbocycles. The molecule has 0 N–H and O–H groups in total. The van der Waals surface area contributed by atoms with Crippen LogP contribution >= 0.6 is 0 Å². The molecule has 2 aliphatic rings. The van der Waals surface area contributed by atoms with Crippen molar-refractivity contribution in [2.75, 3.05) is 39.8 Å². The average molecular weight is 795 g/mol. The number of rotatable bonds is 21. The second kappa shape index (κ2) is 21.0. The standard InChI is InChI=1S/C44H66N4O9/c1-13-28(7)41(36(56-11)25-39(53)47-23-15-16-33(47)42(57-12)29(8)34(49)14-2)46(10)44(55)32(26(3)4)24-35(50)40(27(5)6)45(9)43(54)30-17-19-31(20-18-30)48-37(51)21-22-38(48)52/h17-22,26-29,32-33,36,40-42H,13-16,23-25H2,1-12H3/t28-,29-,32-,33-,36+,40-,41?,42+/m0/s1. The topological polar surface area (TPSA) is 151 Å². The molecule has 2 heterocycles. The van der Waals surface area contributed by atoms with Gasteiger partial charge in [0.25, 0.3) is 17.7 Å². The molecular formula is C44H66N4O9. The highest BCUT2D eigenvalue weighted by atomic mass is 16.5. The largest absolute Gasteiger partial charge is 0.379 e. The first kappa shape index (κ1) is 47.1. The number of nitrogens with zero attached hydrogens (tertiary/aromatic N) is 4. The van der Waals surface area contributed by atoms with Gasteiger partial charge in [-0.15, -0.1) is 0 Å². The first-order chi connectivity index (χ1) is 26.9. The number of carbonyl (C=O) groups is 7. The summed E-state index contributed by atoms with van der Waals surface area (Å²) in [5.41, 5.74) is 0.611. The van der Waals surface area contributed by atoms with Crippen molar-refractivity contribution < 1.29 is 43.0 Å². The van der Waals surface area contributed by atoms with Crippen molar-refractivity contribution in [3.63, 3.8) is 0 Å². The third kappa shape index (κ3) is 10.8. The quantitative estimate of drug-likeness (QED) is 0.150. The molecule has 5 amide bonds. The minimum atomic E-state index is -0.836. The zero-order valence-electron chi connectivity index (χ0n) is 36.2. The molecule has 13 heteroatoms. The van der Waals surface area contributed by atoms with E-state index in [1.165, 1.54) is 41.3 Å². The number of ketones is 2. The van der Waals surface area contributed by atoms with E-state index in [1.807, 2.05) is 60.3 Å². The lowest BCUT2D eigenvalue weighted by molar-refractivity contribution is -0.149. The average Bonchev–Trinajstić information content (AvgIpc) is 3.81. The molecule has 8 atom stereocenters. The smallest absolute Gasteiger partial charge is 0.258 e. The van der Waals surface area contributed by atoms with Crippen molar-refractivity contribution in [1.29, 1.82) is 0 Å². The molecule has 316 valence electrons. The third-order valence-electron chi connectivity index (χ3n) is 12.1. The minimum Gasteiger partial charge on any atom is -0.379 e. The molecule has 57 heavy (non-hydrogen) atoms. The number of likely N-dealkylation sites (N-methyl/N-ethyl adjacent to an activating group) is 2. The maximum atomic E-state index is 14.5. The summed E-state index contributed by atoms with van der Waals surface area (Å²) in [6.45, 7) is 15.8. The van der Waals surface area contributed by atoms with Crippen molar-refractivity contribution in [2.24, 2.45) is 29.6 Å². The van der Waals surface area contributed by atoms with Gasteiger partial charge >= 0.3 is 0 Å². The number of likely N-dealkylation sites (tertiary alicyclic amines) is 1. The molecule has 1 fully saturated rings. The predicted octanol–water partition coefficient (Wildman–Crippen LogP) is 5.34. The maximum absolute atomic E-state index is 14.5. The Kier molecular flexibility index (Phi) is 17.3. The van der Waals surface area contributed by atoms with E-state index in [0.29, 0.717) is 25.1 Å². The van der Waals surface area contributed by atoms with Crippen molar-refractivity contribution in [3.8, 4) is 0 Å². The number of hydrogen-bond donors (Lipinski definition) is 0. The lowest BCUT2D eigenvalue weighted by atomic mass is 9.83. The normalized spacial score (nSPS) is 19.4. The lowest BCUT2D eigenvalue weighted by Crippen LogP contribution is -2.54. The zero-order valence-corrected chi connectivity index (χ0v) is 36.2. The van der Waals surface area contributed by atoms with Gasteiger partial charge in [-0.25, -0.2) is 4.90 Å². The van der Waals surface area contributed by atoms with Crippen molar-refractivity contribution in [1.82, 2.24) is 14.7 Å². The van der Waals surface area contributed by atoms with Gasteiger partial charge < -0.3 is 24.2 Å². The van der Waals surface area contributed by atoms with Gasteiger partial charge in [0.1, 0.15) is 5.78 Å². The number of benzene rings is 1. The van der Waals surface area contributed by atoms with Crippen LogP contribution in [0.5, 0.6) is 0 Å². The number of hydrogen-bond acceptors (Lipinski definition) is 9. The van der Waals surface area contributed by atoms with Crippen molar-refractivity contribution in [2.45, 2.75) is 124 Å². The van der Waals surface area contributed by atoms with Gasteiger partial charge in [-0.1, -0.05) is 61.8 Å². The highest BCUT2D eigenvalue weighted by Gasteiger charge is 2.43. The maximum Gasteiger partial charge on any atom is 0.258 e. The second-order valence-corrected chi connectivity index (χ2v) is 16.4. The molecule has 2 aliphatic heterocycles. The fraction of sp³-hybridized carbons (Fsp3) is 0.659. The summed E-state index contributed by atoms with van der Waals surface area (Å²) in [5.74, 6) is -3.49. The summed E-state index contributed by atoms with van der Waals surface area (Å²) in [4.78, 5) is 99.3. The van der Waals surface area contributed by atoms with Crippen molar-refractivity contribution >= 4 is 46.8 Å². The molecule has 0 saturated carbocycles. The number of ether oxygens (including phenoxy) is 2. The van der Waals surface area contributed by atoms with E-state index in [1.54, 1.807) is 33.2 Å². The molecule has 0 bridgehead atoms. The molecule has 3 rings (SSSR count). The van der Waals surface area contributed by atoms with Crippen LogP contribution in [0.15, 0.2) is 36.4 Å². The van der Waals surface area contributed by atoms with Crippen LogP contribution in [0.1, 0.15) is 104 Å². The Bertz CT molecular complexity index is 1620. The summed E-state index contributed by atoms with van der Waals surface area (Å²) < 4.78 is 11.8. The first-order valence-electron chi connectivity index (χ1n) is 20.5. The van der Waals surface area contributed by atoms with E-state index in [4.69, 9.17) is 9.47 Å². The molecular weight excluding hydrogens is 729 g/mol. The number of methoxy groups -OCH3 is 2. The molecule has 0 aliphatic carbocycles. The molecule has 1 aromatic rings. The van der Waals surface area contributed by atoms with E-state index in [2.05, 4.69) is 0 Å². The Morgan fingerprint density at radius 1 is 0.807 bits per heavy atom. The summed E-state index contributed by atoms with van der Waals surface area (Å²) >= 11 is 0. The van der Waals surface area contributed by atoms with Crippen LogP contribution < -0.4 is 4.90 Å². The summed E-state index contributed by atoms with van der Waals surface area (Å²) in [5, 5.41) is 0. The van der Waals surface area contributed by atoms with Crippen LogP contribution in [0.2, 0.25) is 0 Å². The molecule has 0 spiro atoms. The van der Waals surface area contributed by atoms with Crippen LogP contribution in [-0.4, -0.2) is 121 Å². The highest BCUT2D eigenvalue weighted by molar-refractivity contribution is 6.28. The van der Waals surface area contributed by atoms with Gasteiger partial charge in [0, 0.05) is 77.3 Å². The third-order valence-corrected chi connectivity index (χ3v) is 12.1. The van der Waals surface area contributed by atoms with E-state index in [0.717, 1.165) is 17.7 Å². The Morgan fingerprint density at radius 2 is 1.40 bits per heavy atom. The number of Topliss-reactive ketones (excluding diaryl/α,β-unsaturated/α-hetero) is 2. The summed E-state index contributed by atoms with van der Waals surface area (Å²) in [7, 11) is 6.41. The first-order valence-corrected chi connectivity index (χ1v) is 20.5. The van der Waals surface area contributed by atoms with E-state index < -0.39 is 47.9 Å². The van der Waals surface area contributed by atoms with E-state index >= 15 is 0 Å². The van der Waals surface area contributed by atoms with E-state index in [-0.39, 0.29) is 71.5 Å². The van der Waals surface area contributed by atoms with Crippen LogP contribution in [0.25, 0.3) is 0 Å². The van der Waals surface area contributed by atoms with Gasteiger partial charge in [-0.05, 0) is 54.9 Å². The Labute approximate surface area is 339 Å². The monoisotopic (exact) mass is 794 g/mol. The summed E-state index contributed by atoms with van der Waals surface area (Å²) in [6.07, 6.45) is 3.86. The predicted molar refractivity (Wildman–Crippen MR) is 218 cm³/mol. The van der Waals surface area contributed by atoms with E-state index in [9.17, 15) is 33.6 Å². The van der Waals surface area contributed by atoms with Crippen LogP contribution in [0.4, 0.5) is 5.69 Å². The number of anilines is 1. The number of amides is 5.